The standard InChI is InChI=1S/C7H5NO5S2/c9-5-3(2-15(12)13)6-8(5)4(1-14-6)7(10)11/h1-2,6H,(H,10,11)(H,12,13)/t6-/m0/s1. The van der Waals surface area contributed by atoms with E-state index in [4.69, 9.17) is 9.66 Å². The summed E-state index contributed by atoms with van der Waals surface area (Å²) in [7, 11) is 0. The number of hydrogen-bond acceptors (Lipinski definition) is 4. The Morgan fingerprint density at radius 1 is 1.67 bits per heavy atom. The topological polar surface area (TPSA) is 94.9 Å². The molecule has 2 rings (SSSR count). The Labute approximate surface area is 90.9 Å². The van der Waals surface area contributed by atoms with E-state index in [0.29, 0.717) is 0 Å². The number of carboxylic acids is 1. The molecule has 0 aliphatic carbocycles. The fourth-order valence-electron chi connectivity index (χ4n) is 1.35. The summed E-state index contributed by atoms with van der Waals surface area (Å²) in [5.41, 5.74) is 0.0872. The molecule has 1 saturated heterocycles. The summed E-state index contributed by atoms with van der Waals surface area (Å²) >= 11 is -1.06. The van der Waals surface area contributed by atoms with Crippen molar-refractivity contribution in [3.8, 4) is 0 Å². The molecule has 15 heavy (non-hydrogen) atoms. The van der Waals surface area contributed by atoms with Gasteiger partial charge in [-0.15, -0.1) is 11.8 Å². The molecule has 2 aliphatic rings. The first-order valence-electron chi connectivity index (χ1n) is 3.76. The molecule has 0 aromatic rings. The molecule has 6 nitrogen and oxygen atoms in total. The van der Waals surface area contributed by atoms with Gasteiger partial charge < -0.3 is 9.66 Å². The maximum atomic E-state index is 11.4. The van der Waals surface area contributed by atoms with E-state index in [1.54, 1.807) is 0 Å². The molecule has 2 aliphatic heterocycles. The molecule has 8 heteroatoms. The van der Waals surface area contributed by atoms with Crippen molar-refractivity contribution in [1.82, 2.24) is 4.90 Å². The Morgan fingerprint density at radius 2 is 2.33 bits per heavy atom. The molecule has 0 radical (unpaired) electrons. The van der Waals surface area contributed by atoms with E-state index < -0.39 is 28.3 Å². The number of rotatable bonds is 2. The number of amides is 1. The van der Waals surface area contributed by atoms with Crippen LogP contribution in [0.5, 0.6) is 0 Å². The number of nitrogens with zero attached hydrogens (tertiary/aromatic N) is 1. The van der Waals surface area contributed by atoms with Gasteiger partial charge in [-0.05, 0) is 0 Å². The molecule has 1 amide bonds. The van der Waals surface area contributed by atoms with Crippen molar-refractivity contribution < 1.29 is 23.5 Å². The highest BCUT2D eigenvalue weighted by Gasteiger charge is 2.49. The van der Waals surface area contributed by atoms with Gasteiger partial charge in [0.15, 0.2) is 11.1 Å². The fraction of sp³-hybridized carbons (Fsp3) is 0.143. The molecule has 80 valence electrons. The second-order valence-electron chi connectivity index (χ2n) is 2.82. The van der Waals surface area contributed by atoms with E-state index in [1.165, 1.54) is 5.41 Å². The SMILES string of the molecule is O=C(O)C1=CS[C@H]2C(=CS(=O)O)C(=O)N12. The van der Waals surface area contributed by atoms with Crippen LogP contribution in [0, 0.1) is 0 Å². The quantitative estimate of drug-likeness (QED) is 0.403. The zero-order valence-electron chi connectivity index (χ0n) is 7.11. The van der Waals surface area contributed by atoms with Gasteiger partial charge >= 0.3 is 5.97 Å². The summed E-state index contributed by atoms with van der Waals surface area (Å²) in [6, 6.07) is 0. The van der Waals surface area contributed by atoms with Gasteiger partial charge in [-0.1, -0.05) is 0 Å². The fourth-order valence-corrected chi connectivity index (χ4v) is 3.00. The van der Waals surface area contributed by atoms with E-state index in [1.807, 2.05) is 0 Å². The first-order chi connectivity index (χ1) is 7.02. The summed E-state index contributed by atoms with van der Waals surface area (Å²) in [4.78, 5) is 23.1. The first kappa shape index (κ1) is 10.4. The van der Waals surface area contributed by atoms with Crippen molar-refractivity contribution in [1.29, 1.82) is 0 Å². The highest BCUT2D eigenvalue weighted by Crippen LogP contribution is 2.44. The van der Waals surface area contributed by atoms with E-state index in [9.17, 15) is 13.8 Å². The molecule has 0 saturated carbocycles. The van der Waals surface area contributed by atoms with Crippen molar-refractivity contribution in [2.45, 2.75) is 5.37 Å². The second kappa shape index (κ2) is 3.47. The van der Waals surface area contributed by atoms with Gasteiger partial charge in [-0.25, -0.2) is 9.00 Å². The molecule has 2 heterocycles. The number of carbonyl (C=O) groups excluding carboxylic acids is 1. The minimum atomic E-state index is -2.19. The van der Waals surface area contributed by atoms with E-state index in [0.717, 1.165) is 22.1 Å². The number of fused-ring (bicyclic) bond motifs is 1. The van der Waals surface area contributed by atoms with Gasteiger partial charge in [0.05, 0.1) is 5.57 Å². The molecule has 1 fully saturated rings. The monoisotopic (exact) mass is 247 g/mol. The zero-order chi connectivity index (χ0) is 11.2. The maximum Gasteiger partial charge on any atom is 0.353 e. The van der Waals surface area contributed by atoms with Crippen LogP contribution in [-0.4, -0.2) is 36.0 Å². The van der Waals surface area contributed by atoms with Crippen molar-refractivity contribution in [2.24, 2.45) is 0 Å². The average molecular weight is 247 g/mol. The normalized spacial score (nSPS) is 28.5. The number of carbonyl (C=O) groups is 2. The Morgan fingerprint density at radius 3 is 2.87 bits per heavy atom. The lowest BCUT2D eigenvalue weighted by atomic mass is 10.1. The van der Waals surface area contributed by atoms with Gasteiger partial charge in [0.1, 0.15) is 11.1 Å². The summed E-state index contributed by atoms with van der Waals surface area (Å²) in [6.45, 7) is 0. The van der Waals surface area contributed by atoms with Gasteiger partial charge in [0.25, 0.3) is 5.91 Å². The summed E-state index contributed by atoms with van der Waals surface area (Å²) < 4.78 is 19.1. The third kappa shape index (κ3) is 1.50. The molecular formula is C7H5NO5S2. The maximum absolute atomic E-state index is 11.4. The zero-order valence-corrected chi connectivity index (χ0v) is 8.75. The van der Waals surface area contributed by atoms with Crippen molar-refractivity contribution >= 4 is 34.7 Å². The smallest absolute Gasteiger partial charge is 0.353 e. The average Bonchev–Trinajstić information content (AvgIpc) is 2.54. The predicted molar refractivity (Wildman–Crippen MR) is 52.8 cm³/mol. The number of carboxylic acid groups (broad SMARTS) is 1. The number of aliphatic carboxylic acids is 1. The van der Waals surface area contributed by atoms with Crippen LogP contribution in [0.4, 0.5) is 0 Å². The molecule has 0 spiro atoms. The van der Waals surface area contributed by atoms with Crippen LogP contribution >= 0.6 is 11.8 Å². The van der Waals surface area contributed by atoms with Gasteiger partial charge in [-0.3, -0.25) is 9.69 Å². The number of thioether (sulfide) groups is 1. The van der Waals surface area contributed by atoms with Crippen LogP contribution < -0.4 is 0 Å². The molecular weight excluding hydrogens is 242 g/mol. The highest BCUT2D eigenvalue weighted by molar-refractivity contribution is 8.03. The molecule has 0 aromatic heterocycles. The van der Waals surface area contributed by atoms with Crippen molar-refractivity contribution in [3.63, 3.8) is 0 Å². The Kier molecular flexibility index (Phi) is 2.41. The van der Waals surface area contributed by atoms with Crippen LogP contribution in [0.3, 0.4) is 0 Å². The lowest BCUT2D eigenvalue weighted by molar-refractivity contribution is -0.141. The van der Waals surface area contributed by atoms with Crippen LogP contribution in [0.15, 0.2) is 22.1 Å². The first-order valence-corrected chi connectivity index (χ1v) is 5.87. The Hall–Kier alpha value is -1.12. The van der Waals surface area contributed by atoms with Crippen LogP contribution in [0.25, 0.3) is 0 Å². The van der Waals surface area contributed by atoms with Crippen LogP contribution in [0.2, 0.25) is 0 Å². The molecule has 2 atom stereocenters. The van der Waals surface area contributed by atoms with E-state index >= 15 is 0 Å². The third-order valence-corrected chi connectivity index (χ3v) is 3.52. The minimum Gasteiger partial charge on any atom is -0.477 e. The van der Waals surface area contributed by atoms with Crippen molar-refractivity contribution in [2.75, 3.05) is 0 Å². The van der Waals surface area contributed by atoms with Gasteiger partial charge in [0, 0.05) is 10.8 Å². The highest BCUT2D eigenvalue weighted by atomic mass is 32.2. The number of β-lactam (4-membered cyclic amide) rings is 1. The third-order valence-electron chi connectivity index (χ3n) is 1.98. The summed E-state index contributed by atoms with van der Waals surface area (Å²) in [5, 5.41) is 10.5. The largest absolute Gasteiger partial charge is 0.477 e. The minimum absolute atomic E-state index is 0.0872. The van der Waals surface area contributed by atoms with Crippen LogP contribution in [-0.2, 0) is 20.7 Å². The number of hydrogen-bond donors (Lipinski definition) is 2. The predicted octanol–water partition coefficient (Wildman–Crippen LogP) is -0.0669. The summed E-state index contributed by atoms with van der Waals surface area (Å²) in [6.07, 6.45) is 0. The molecule has 0 aromatic carbocycles. The van der Waals surface area contributed by atoms with E-state index in [-0.39, 0.29) is 11.3 Å². The summed E-state index contributed by atoms with van der Waals surface area (Å²) in [5.74, 6) is -1.71. The van der Waals surface area contributed by atoms with Gasteiger partial charge in [-0.2, -0.15) is 0 Å². The lowest BCUT2D eigenvalue weighted by Crippen LogP contribution is -2.51. The van der Waals surface area contributed by atoms with Gasteiger partial charge in [0.2, 0.25) is 0 Å². The van der Waals surface area contributed by atoms with E-state index in [2.05, 4.69) is 0 Å². The molecule has 0 bridgehead atoms. The Balaban J connectivity index is 2.24. The van der Waals surface area contributed by atoms with Crippen molar-refractivity contribution in [3.05, 3.63) is 22.1 Å². The Bertz CT molecular complexity index is 441. The molecule has 2 N–H and O–H groups in total. The lowest BCUT2D eigenvalue weighted by Gasteiger charge is -2.36. The molecule has 1 unspecified atom stereocenters. The van der Waals surface area contributed by atoms with Crippen LogP contribution in [0.1, 0.15) is 0 Å². The second-order valence-corrected chi connectivity index (χ2v) is 4.56.